The summed E-state index contributed by atoms with van der Waals surface area (Å²) in [5.41, 5.74) is 4.04. The molecule has 6 nitrogen and oxygen atoms in total. The molecule has 2 heterocycles. The van der Waals surface area contributed by atoms with Crippen LogP contribution in [0.3, 0.4) is 0 Å². The van der Waals surface area contributed by atoms with E-state index in [1.165, 1.54) is 11.3 Å². The predicted octanol–water partition coefficient (Wildman–Crippen LogP) is 2.39. The van der Waals surface area contributed by atoms with E-state index in [4.69, 9.17) is 4.74 Å². The molecule has 0 atom stereocenters. The third-order valence-electron chi connectivity index (χ3n) is 3.34. The maximum atomic E-state index is 12.4. The van der Waals surface area contributed by atoms with Crippen LogP contribution in [0.5, 0.6) is 5.75 Å². The van der Waals surface area contributed by atoms with Crippen LogP contribution in [0.4, 0.5) is 0 Å². The number of ether oxygens (including phenoxy) is 1. The third-order valence-corrected chi connectivity index (χ3v) is 3.98. The van der Waals surface area contributed by atoms with E-state index < -0.39 is 0 Å². The summed E-state index contributed by atoms with van der Waals surface area (Å²) in [7, 11) is 1.84. The molecule has 1 aromatic carbocycles. The Kier molecular flexibility index (Phi) is 4.68. The van der Waals surface area contributed by atoms with Crippen LogP contribution in [0.2, 0.25) is 0 Å². The fourth-order valence-corrected chi connectivity index (χ4v) is 2.62. The molecule has 0 bridgehead atoms. The van der Waals surface area contributed by atoms with Crippen LogP contribution >= 0.6 is 11.3 Å². The second kappa shape index (κ2) is 7.06. The minimum Gasteiger partial charge on any atom is -0.486 e. The maximum absolute atomic E-state index is 12.4. The molecular weight excluding hydrogens is 312 g/mol. The Bertz CT molecular complexity index is 783. The van der Waals surface area contributed by atoms with E-state index in [9.17, 15) is 4.79 Å². The van der Waals surface area contributed by atoms with Crippen molar-refractivity contribution in [1.29, 1.82) is 0 Å². The lowest BCUT2D eigenvalue weighted by atomic mass is 10.2. The molecule has 0 aliphatic rings. The van der Waals surface area contributed by atoms with Gasteiger partial charge in [0, 0.05) is 18.6 Å². The molecule has 118 valence electrons. The van der Waals surface area contributed by atoms with Crippen molar-refractivity contribution >= 4 is 17.2 Å². The van der Waals surface area contributed by atoms with Crippen molar-refractivity contribution in [2.75, 3.05) is 0 Å². The molecule has 0 unspecified atom stereocenters. The lowest BCUT2D eigenvalue weighted by molar-refractivity contribution is 0.0945. The van der Waals surface area contributed by atoms with Gasteiger partial charge in [-0.25, -0.2) is 4.98 Å². The highest BCUT2D eigenvalue weighted by Crippen LogP contribution is 2.19. The molecule has 1 amide bonds. The molecule has 23 heavy (non-hydrogen) atoms. The van der Waals surface area contributed by atoms with Crippen molar-refractivity contribution in [3.05, 3.63) is 64.4 Å². The molecule has 0 aliphatic carbocycles. The average molecular weight is 328 g/mol. The number of rotatable bonds is 6. The first-order valence-electron chi connectivity index (χ1n) is 7.08. The summed E-state index contributed by atoms with van der Waals surface area (Å²) in [6.07, 6.45) is 1.70. The quantitative estimate of drug-likeness (QED) is 0.754. The Balaban J connectivity index is 1.66. The molecule has 1 N–H and O–H groups in total. The van der Waals surface area contributed by atoms with E-state index in [2.05, 4.69) is 15.4 Å². The number of hydrogen-bond acceptors (Lipinski definition) is 5. The monoisotopic (exact) mass is 328 g/mol. The van der Waals surface area contributed by atoms with Gasteiger partial charge in [0.15, 0.2) is 0 Å². The zero-order chi connectivity index (χ0) is 16.1. The fourth-order valence-electron chi connectivity index (χ4n) is 2.08. The summed E-state index contributed by atoms with van der Waals surface area (Å²) in [4.78, 5) is 16.6. The van der Waals surface area contributed by atoms with Crippen molar-refractivity contribution < 1.29 is 9.53 Å². The lowest BCUT2D eigenvalue weighted by Gasteiger charge is -2.11. The van der Waals surface area contributed by atoms with Crippen molar-refractivity contribution in [3.63, 3.8) is 0 Å². The van der Waals surface area contributed by atoms with Crippen LogP contribution in [-0.2, 0) is 20.2 Å². The number of aryl methyl sites for hydroxylation is 1. The minimum atomic E-state index is -0.180. The summed E-state index contributed by atoms with van der Waals surface area (Å²) >= 11 is 1.51. The SMILES string of the molecule is Cn1nccc1CNC(=O)c1ccccc1OCc1cscn1. The first kappa shape index (κ1) is 15.2. The number of carbonyl (C=O) groups excluding carboxylic acids is 1. The second-order valence-corrected chi connectivity index (χ2v) is 5.61. The summed E-state index contributed by atoms with van der Waals surface area (Å²) in [6, 6.07) is 9.05. The molecule has 7 heteroatoms. The third kappa shape index (κ3) is 3.75. The van der Waals surface area contributed by atoms with Crippen LogP contribution in [0.1, 0.15) is 21.7 Å². The largest absolute Gasteiger partial charge is 0.486 e. The Labute approximate surface area is 137 Å². The highest BCUT2D eigenvalue weighted by molar-refractivity contribution is 7.07. The number of aromatic nitrogens is 3. The summed E-state index contributed by atoms with van der Waals surface area (Å²) in [6.45, 7) is 0.755. The standard InChI is InChI=1S/C16H16N4O2S/c1-20-13(6-7-19-20)8-17-16(21)14-4-2-3-5-15(14)22-9-12-10-23-11-18-12/h2-7,10-11H,8-9H2,1H3,(H,17,21). The molecule has 0 radical (unpaired) electrons. The first-order valence-corrected chi connectivity index (χ1v) is 8.02. The smallest absolute Gasteiger partial charge is 0.255 e. The van der Waals surface area contributed by atoms with Gasteiger partial charge in [0.25, 0.3) is 5.91 Å². The number of amides is 1. The number of thiazole rings is 1. The lowest BCUT2D eigenvalue weighted by Crippen LogP contribution is -2.24. The predicted molar refractivity (Wildman–Crippen MR) is 87.3 cm³/mol. The highest BCUT2D eigenvalue weighted by atomic mass is 32.1. The van der Waals surface area contributed by atoms with Gasteiger partial charge < -0.3 is 10.1 Å². The van der Waals surface area contributed by atoms with Gasteiger partial charge in [-0.05, 0) is 18.2 Å². The molecule has 0 aliphatic heterocycles. The van der Waals surface area contributed by atoms with Crippen LogP contribution < -0.4 is 10.1 Å². The molecular formula is C16H16N4O2S. The topological polar surface area (TPSA) is 69.0 Å². The second-order valence-electron chi connectivity index (χ2n) is 4.89. The summed E-state index contributed by atoms with van der Waals surface area (Å²) in [5, 5.41) is 8.88. The van der Waals surface area contributed by atoms with E-state index in [1.807, 2.05) is 30.6 Å². The molecule has 0 saturated carbocycles. The number of benzene rings is 1. The first-order chi connectivity index (χ1) is 11.2. The highest BCUT2D eigenvalue weighted by Gasteiger charge is 2.13. The minimum absolute atomic E-state index is 0.180. The number of hydrogen-bond donors (Lipinski definition) is 1. The maximum Gasteiger partial charge on any atom is 0.255 e. The molecule has 3 aromatic rings. The van der Waals surface area contributed by atoms with Crippen LogP contribution in [0.15, 0.2) is 47.4 Å². The average Bonchev–Trinajstić information content (AvgIpc) is 3.22. The Morgan fingerprint density at radius 2 is 2.22 bits per heavy atom. The number of carbonyl (C=O) groups is 1. The summed E-state index contributed by atoms with van der Waals surface area (Å²) in [5.74, 6) is 0.364. The van der Waals surface area contributed by atoms with Gasteiger partial charge in [-0.3, -0.25) is 9.48 Å². The fraction of sp³-hybridized carbons (Fsp3) is 0.188. The van der Waals surface area contributed by atoms with Gasteiger partial charge >= 0.3 is 0 Å². The van der Waals surface area contributed by atoms with Crippen molar-refractivity contribution in [3.8, 4) is 5.75 Å². The van der Waals surface area contributed by atoms with Crippen molar-refractivity contribution in [2.24, 2.45) is 7.05 Å². The van der Waals surface area contributed by atoms with Gasteiger partial charge in [-0.2, -0.15) is 5.10 Å². The zero-order valence-electron chi connectivity index (χ0n) is 12.6. The van der Waals surface area contributed by atoms with Crippen LogP contribution in [-0.4, -0.2) is 20.7 Å². The van der Waals surface area contributed by atoms with Gasteiger partial charge in [-0.15, -0.1) is 11.3 Å². The van der Waals surface area contributed by atoms with E-state index >= 15 is 0 Å². The van der Waals surface area contributed by atoms with Crippen molar-refractivity contribution in [1.82, 2.24) is 20.1 Å². The van der Waals surface area contributed by atoms with Gasteiger partial charge in [0.05, 0.1) is 29.0 Å². The summed E-state index contributed by atoms with van der Waals surface area (Å²) < 4.78 is 7.46. The zero-order valence-corrected chi connectivity index (χ0v) is 13.4. The van der Waals surface area contributed by atoms with E-state index in [0.29, 0.717) is 24.5 Å². The van der Waals surface area contributed by atoms with Crippen molar-refractivity contribution in [2.45, 2.75) is 13.2 Å². The van der Waals surface area contributed by atoms with Crippen LogP contribution in [0, 0.1) is 0 Å². The molecule has 3 rings (SSSR count). The number of nitrogens with zero attached hydrogens (tertiary/aromatic N) is 3. The van der Waals surface area contributed by atoms with E-state index in [-0.39, 0.29) is 5.91 Å². The van der Waals surface area contributed by atoms with E-state index in [1.54, 1.807) is 28.5 Å². The van der Waals surface area contributed by atoms with Crippen LogP contribution in [0.25, 0.3) is 0 Å². The Morgan fingerprint density at radius 1 is 1.35 bits per heavy atom. The normalized spacial score (nSPS) is 10.5. The van der Waals surface area contributed by atoms with Gasteiger partial charge in [0.1, 0.15) is 12.4 Å². The number of para-hydroxylation sites is 1. The molecule has 0 spiro atoms. The molecule has 2 aromatic heterocycles. The van der Waals surface area contributed by atoms with Gasteiger partial charge in [-0.1, -0.05) is 12.1 Å². The van der Waals surface area contributed by atoms with E-state index in [0.717, 1.165) is 11.4 Å². The molecule has 0 saturated heterocycles. The number of nitrogens with one attached hydrogen (secondary N) is 1. The van der Waals surface area contributed by atoms with Gasteiger partial charge in [0.2, 0.25) is 0 Å². The Morgan fingerprint density at radius 3 is 2.96 bits per heavy atom. The Hall–Kier alpha value is -2.67. The molecule has 0 fully saturated rings.